The zero-order valence-electron chi connectivity index (χ0n) is 9.20. The molecule has 2 aliphatic heterocycles. The lowest BCUT2D eigenvalue weighted by molar-refractivity contribution is -0.0950. The first kappa shape index (κ1) is 10.9. The number of hydrogen-bond donors (Lipinski definition) is 1. The molecule has 1 unspecified atom stereocenters. The summed E-state index contributed by atoms with van der Waals surface area (Å²) in [6.45, 7) is 2.68. The van der Waals surface area contributed by atoms with Crippen LogP contribution >= 0.6 is 0 Å². The van der Waals surface area contributed by atoms with Crippen LogP contribution in [0.4, 0.5) is 0 Å². The molecule has 0 amide bonds. The van der Waals surface area contributed by atoms with E-state index in [1.54, 1.807) is 0 Å². The number of nitriles is 1. The van der Waals surface area contributed by atoms with Crippen molar-refractivity contribution >= 4 is 0 Å². The molecular formula is C11H18N2O2. The highest BCUT2D eigenvalue weighted by Gasteiger charge is 2.54. The van der Waals surface area contributed by atoms with Gasteiger partial charge in [-0.15, -0.1) is 0 Å². The highest BCUT2D eigenvalue weighted by Crippen LogP contribution is 2.45. The van der Waals surface area contributed by atoms with Gasteiger partial charge in [0.15, 0.2) is 0 Å². The Bertz CT molecular complexity index is 281. The van der Waals surface area contributed by atoms with Gasteiger partial charge >= 0.3 is 0 Å². The summed E-state index contributed by atoms with van der Waals surface area (Å²) in [6, 6.07) is 2.36. The number of ether oxygens (including phenoxy) is 1. The van der Waals surface area contributed by atoms with Crippen molar-refractivity contribution in [3.63, 3.8) is 0 Å². The summed E-state index contributed by atoms with van der Waals surface area (Å²) in [6.07, 6.45) is 2.03. The van der Waals surface area contributed by atoms with Crippen LogP contribution in [0.25, 0.3) is 0 Å². The van der Waals surface area contributed by atoms with Gasteiger partial charge in [-0.05, 0) is 26.3 Å². The van der Waals surface area contributed by atoms with E-state index < -0.39 is 11.0 Å². The number of aliphatic hydroxyl groups is 1. The van der Waals surface area contributed by atoms with Crippen molar-refractivity contribution in [1.82, 2.24) is 4.90 Å². The zero-order chi connectivity index (χ0) is 10.9. The van der Waals surface area contributed by atoms with Gasteiger partial charge in [-0.25, -0.2) is 0 Å². The van der Waals surface area contributed by atoms with E-state index in [0.717, 1.165) is 6.54 Å². The van der Waals surface area contributed by atoms with Crippen molar-refractivity contribution in [1.29, 1.82) is 5.26 Å². The first-order valence-corrected chi connectivity index (χ1v) is 5.52. The second kappa shape index (κ2) is 3.75. The first-order chi connectivity index (χ1) is 7.12. The lowest BCUT2D eigenvalue weighted by Gasteiger charge is -2.42. The normalized spacial score (nSPS) is 36.3. The summed E-state index contributed by atoms with van der Waals surface area (Å²) in [5, 5.41) is 20.0. The van der Waals surface area contributed by atoms with Crippen LogP contribution in [0.5, 0.6) is 0 Å². The summed E-state index contributed by atoms with van der Waals surface area (Å²) < 4.78 is 5.28. The largest absolute Gasteiger partial charge is 0.387 e. The second-order valence-corrected chi connectivity index (χ2v) is 4.83. The molecule has 0 aromatic heterocycles. The molecule has 2 rings (SSSR count). The van der Waals surface area contributed by atoms with E-state index >= 15 is 0 Å². The van der Waals surface area contributed by atoms with E-state index in [2.05, 4.69) is 11.0 Å². The van der Waals surface area contributed by atoms with E-state index in [4.69, 9.17) is 4.74 Å². The van der Waals surface area contributed by atoms with Gasteiger partial charge in [0.25, 0.3) is 0 Å². The third-order valence-corrected chi connectivity index (χ3v) is 3.89. The highest BCUT2D eigenvalue weighted by molar-refractivity contribution is 5.15. The number of β-amino-alcohol motifs (C(OH)–C–C–N with tert-alkyl or cyclic N) is 1. The molecule has 0 aliphatic carbocycles. The standard InChI is InChI=1S/C11H18N2O2/c1-13-5-2-11(14,9-13)10(8-12)3-6-15-7-4-10/h14H,2-7,9H2,1H3. The summed E-state index contributed by atoms with van der Waals surface area (Å²) in [4.78, 5) is 2.09. The molecule has 1 atom stereocenters. The maximum absolute atomic E-state index is 10.6. The van der Waals surface area contributed by atoms with Gasteiger partial charge in [0.05, 0.1) is 17.1 Å². The molecule has 2 fully saturated rings. The number of rotatable bonds is 1. The van der Waals surface area contributed by atoms with Crippen molar-refractivity contribution in [2.75, 3.05) is 33.4 Å². The average Bonchev–Trinajstić information content (AvgIpc) is 2.61. The van der Waals surface area contributed by atoms with Gasteiger partial charge < -0.3 is 14.7 Å². The molecule has 0 spiro atoms. The van der Waals surface area contributed by atoms with Crippen LogP contribution in [-0.4, -0.2) is 49.0 Å². The minimum Gasteiger partial charge on any atom is -0.387 e. The molecule has 2 aliphatic rings. The molecule has 2 saturated heterocycles. The molecule has 2 heterocycles. The Morgan fingerprint density at radius 1 is 1.33 bits per heavy atom. The van der Waals surface area contributed by atoms with E-state index in [1.807, 2.05) is 7.05 Å². The quantitative estimate of drug-likeness (QED) is 0.679. The molecule has 0 bridgehead atoms. The molecule has 84 valence electrons. The van der Waals surface area contributed by atoms with E-state index in [0.29, 0.717) is 39.0 Å². The highest BCUT2D eigenvalue weighted by atomic mass is 16.5. The van der Waals surface area contributed by atoms with Gasteiger partial charge in [0, 0.05) is 26.3 Å². The molecule has 0 aromatic rings. The monoisotopic (exact) mass is 210 g/mol. The van der Waals surface area contributed by atoms with Gasteiger partial charge in [-0.2, -0.15) is 5.26 Å². The summed E-state index contributed by atoms with van der Waals surface area (Å²) in [7, 11) is 1.99. The Hall–Kier alpha value is -0.630. The molecule has 4 heteroatoms. The lowest BCUT2D eigenvalue weighted by atomic mass is 9.67. The van der Waals surface area contributed by atoms with Crippen LogP contribution in [-0.2, 0) is 4.74 Å². The number of hydrogen-bond acceptors (Lipinski definition) is 4. The lowest BCUT2D eigenvalue weighted by Crippen LogP contribution is -2.52. The van der Waals surface area contributed by atoms with Gasteiger partial charge in [0.2, 0.25) is 0 Å². The van der Waals surface area contributed by atoms with Crippen molar-refractivity contribution in [3.8, 4) is 6.07 Å². The number of likely N-dealkylation sites (N-methyl/N-ethyl adjacent to an activating group) is 1. The van der Waals surface area contributed by atoms with Gasteiger partial charge in [-0.1, -0.05) is 0 Å². The zero-order valence-corrected chi connectivity index (χ0v) is 9.20. The molecule has 1 N–H and O–H groups in total. The van der Waals surface area contributed by atoms with Crippen LogP contribution in [0, 0.1) is 16.7 Å². The van der Waals surface area contributed by atoms with Gasteiger partial charge in [-0.3, -0.25) is 0 Å². The maximum atomic E-state index is 10.6. The Morgan fingerprint density at radius 2 is 2.00 bits per heavy atom. The molecule has 0 aromatic carbocycles. The predicted molar refractivity (Wildman–Crippen MR) is 55.2 cm³/mol. The third-order valence-electron chi connectivity index (χ3n) is 3.89. The fraction of sp³-hybridized carbons (Fsp3) is 0.909. The fourth-order valence-electron chi connectivity index (χ4n) is 2.77. The molecule has 15 heavy (non-hydrogen) atoms. The van der Waals surface area contributed by atoms with Crippen LogP contribution in [0.1, 0.15) is 19.3 Å². The van der Waals surface area contributed by atoms with E-state index in [1.165, 1.54) is 0 Å². The average molecular weight is 210 g/mol. The van der Waals surface area contributed by atoms with Crippen LogP contribution < -0.4 is 0 Å². The minimum absolute atomic E-state index is 0.587. The number of likely N-dealkylation sites (tertiary alicyclic amines) is 1. The minimum atomic E-state index is -0.833. The van der Waals surface area contributed by atoms with Crippen molar-refractivity contribution in [2.45, 2.75) is 24.9 Å². The second-order valence-electron chi connectivity index (χ2n) is 4.83. The topological polar surface area (TPSA) is 56.5 Å². The number of nitrogens with zero attached hydrogens (tertiary/aromatic N) is 2. The van der Waals surface area contributed by atoms with Crippen LogP contribution in [0.3, 0.4) is 0 Å². The van der Waals surface area contributed by atoms with Crippen LogP contribution in [0.2, 0.25) is 0 Å². The first-order valence-electron chi connectivity index (χ1n) is 5.52. The van der Waals surface area contributed by atoms with E-state index in [9.17, 15) is 10.4 Å². The fourth-order valence-corrected chi connectivity index (χ4v) is 2.77. The smallest absolute Gasteiger partial charge is 0.0973 e. The van der Waals surface area contributed by atoms with Crippen molar-refractivity contribution in [2.24, 2.45) is 5.41 Å². The molecule has 0 radical (unpaired) electrons. The van der Waals surface area contributed by atoms with E-state index in [-0.39, 0.29) is 0 Å². The summed E-state index contributed by atoms with van der Waals surface area (Å²) in [5.41, 5.74) is -1.42. The Labute approximate surface area is 90.4 Å². The summed E-state index contributed by atoms with van der Waals surface area (Å²) >= 11 is 0. The Kier molecular flexibility index (Phi) is 2.72. The maximum Gasteiger partial charge on any atom is 0.0973 e. The molecule has 0 saturated carbocycles. The SMILES string of the molecule is CN1CCC(O)(C2(C#N)CCOCC2)C1. The Balaban J connectivity index is 2.22. The van der Waals surface area contributed by atoms with Crippen molar-refractivity contribution < 1.29 is 9.84 Å². The van der Waals surface area contributed by atoms with Crippen LogP contribution in [0.15, 0.2) is 0 Å². The molecule has 4 nitrogen and oxygen atoms in total. The third kappa shape index (κ3) is 1.65. The predicted octanol–water partition coefficient (Wildman–Crippen LogP) is 0.373. The Morgan fingerprint density at radius 3 is 2.47 bits per heavy atom. The van der Waals surface area contributed by atoms with Crippen molar-refractivity contribution in [3.05, 3.63) is 0 Å². The summed E-state index contributed by atoms with van der Waals surface area (Å²) in [5.74, 6) is 0. The van der Waals surface area contributed by atoms with Gasteiger partial charge in [0.1, 0.15) is 0 Å². The molecular weight excluding hydrogens is 192 g/mol.